The topological polar surface area (TPSA) is 77.5 Å². The molecule has 1 amide bonds. The molecule has 3 N–H and O–H groups in total. The van der Waals surface area contributed by atoms with Crippen LogP contribution in [-0.2, 0) is 22.5 Å². The van der Waals surface area contributed by atoms with Crippen molar-refractivity contribution in [3.63, 3.8) is 0 Å². The lowest BCUT2D eigenvalue weighted by Crippen LogP contribution is -2.43. The fourth-order valence-electron chi connectivity index (χ4n) is 1.34. The zero-order valence-corrected chi connectivity index (χ0v) is 9.66. The molecule has 16 heavy (non-hydrogen) atoms. The third-order valence-electron chi connectivity index (χ3n) is 2.27. The normalized spacial score (nSPS) is 12.6. The number of methoxy groups -OCH3 is 1. The van der Waals surface area contributed by atoms with Crippen molar-refractivity contribution in [3.05, 3.63) is 23.7 Å². The van der Waals surface area contributed by atoms with Crippen molar-refractivity contribution in [1.82, 2.24) is 5.32 Å². The second-order valence-corrected chi connectivity index (χ2v) is 3.51. The minimum absolute atomic E-state index is 0.261. The maximum Gasteiger partial charge on any atom is 0.236 e. The Morgan fingerprint density at radius 2 is 2.25 bits per heavy atom. The van der Waals surface area contributed by atoms with Crippen LogP contribution in [0.2, 0.25) is 0 Å². The standard InChI is InChI=1S/C11H18N2O3/c1-3-8-4-5-9(16-8)6-13-10(7-15-2)11(12)14/h4-5,10,13H,3,6-7H2,1-2H3,(H2,12,14). The van der Waals surface area contributed by atoms with Gasteiger partial charge in [0.1, 0.15) is 17.6 Å². The van der Waals surface area contributed by atoms with Gasteiger partial charge in [-0.3, -0.25) is 10.1 Å². The van der Waals surface area contributed by atoms with Crippen LogP contribution in [0.3, 0.4) is 0 Å². The fourth-order valence-corrected chi connectivity index (χ4v) is 1.34. The molecule has 1 atom stereocenters. The van der Waals surface area contributed by atoms with Gasteiger partial charge in [-0.2, -0.15) is 0 Å². The molecule has 0 aromatic carbocycles. The van der Waals surface area contributed by atoms with Crippen LogP contribution in [0.1, 0.15) is 18.4 Å². The Balaban J connectivity index is 2.45. The van der Waals surface area contributed by atoms with Crippen LogP contribution in [0.4, 0.5) is 0 Å². The fraction of sp³-hybridized carbons (Fsp3) is 0.545. The van der Waals surface area contributed by atoms with Gasteiger partial charge in [-0.05, 0) is 12.1 Å². The van der Waals surface area contributed by atoms with Crippen LogP contribution in [-0.4, -0.2) is 25.7 Å². The number of carbonyl (C=O) groups excluding carboxylic acids is 1. The second-order valence-electron chi connectivity index (χ2n) is 3.51. The highest BCUT2D eigenvalue weighted by Crippen LogP contribution is 2.08. The van der Waals surface area contributed by atoms with Crippen LogP contribution in [0, 0.1) is 0 Å². The molecule has 1 rings (SSSR count). The number of rotatable bonds is 7. The number of primary amides is 1. The van der Waals surface area contributed by atoms with Crippen molar-refractivity contribution in [3.8, 4) is 0 Å². The summed E-state index contributed by atoms with van der Waals surface area (Å²) in [6, 6.07) is 3.32. The number of amides is 1. The summed E-state index contributed by atoms with van der Waals surface area (Å²) >= 11 is 0. The van der Waals surface area contributed by atoms with E-state index in [2.05, 4.69) is 5.32 Å². The first-order valence-corrected chi connectivity index (χ1v) is 5.26. The molecule has 0 spiro atoms. The van der Waals surface area contributed by atoms with Gasteiger partial charge in [0, 0.05) is 13.5 Å². The lowest BCUT2D eigenvalue weighted by atomic mass is 10.3. The van der Waals surface area contributed by atoms with Gasteiger partial charge in [-0.1, -0.05) is 6.92 Å². The predicted molar refractivity (Wildman–Crippen MR) is 59.8 cm³/mol. The van der Waals surface area contributed by atoms with Crippen molar-refractivity contribution < 1.29 is 13.9 Å². The molecule has 1 aromatic heterocycles. The van der Waals surface area contributed by atoms with Crippen molar-refractivity contribution in [2.45, 2.75) is 25.9 Å². The van der Waals surface area contributed by atoms with E-state index in [1.54, 1.807) is 0 Å². The zero-order valence-electron chi connectivity index (χ0n) is 9.66. The van der Waals surface area contributed by atoms with E-state index in [0.717, 1.165) is 17.9 Å². The first kappa shape index (κ1) is 12.7. The lowest BCUT2D eigenvalue weighted by Gasteiger charge is -2.12. The number of hydrogen-bond acceptors (Lipinski definition) is 4. The molecule has 0 bridgehead atoms. The molecule has 5 heteroatoms. The van der Waals surface area contributed by atoms with Gasteiger partial charge in [-0.25, -0.2) is 0 Å². The number of furan rings is 1. The molecular formula is C11H18N2O3. The number of hydrogen-bond donors (Lipinski definition) is 2. The Morgan fingerprint density at radius 3 is 2.75 bits per heavy atom. The predicted octanol–water partition coefficient (Wildman–Crippen LogP) is 0.432. The highest BCUT2D eigenvalue weighted by Gasteiger charge is 2.14. The second kappa shape index (κ2) is 6.30. The van der Waals surface area contributed by atoms with Gasteiger partial charge in [0.25, 0.3) is 0 Å². The molecule has 5 nitrogen and oxygen atoms in total. The van der Waals surface area contributed by atoms with Gasteiger partial charge in [0.05, 0.1) is 13.2 Å². The van der Waals surface area contributed by atoms with E-state index < -0.39 is 11.9 Å². The molecule has 0 saturated heterocycles. The van der Waals surface area contributed by atoms with E-state index >= 15 is 0 Å². The lowest BCUT2D eigenvalue weighted by molar-refractivity contribution is -0.121. The maximum atomic E-state index is 11.0. The first-order valence-electron chi connectivity index (χ1n) is 5.26. The quantitative estimate of drug-likeness (QED) is 0.707. The van der Waals surface area contributed by atoms with Crippen LogP contribution < -0.4 is 11.1 Å². The number of nitrogens with one attached hydrogen (secondary N) is 1. The molecule has 0 aliphatic heterocycles. The molecule has 0 saturated carbocycles. The molecular weight excluding hydrogens is 208 g/mol. The van der Waals surface area contributed by atoms with Gasteiger partial charge in [0.2, 0.25) is 5.91 Å². The molecule has 90 valence electrons. The number of ether oxygens (including phenoxy) is 1. The van der Waals surface area contributed by atoms with E-state index in [1.165, 1.54) is 7.11 Å². The van der Waals surface area contributed by atoms with Crippen LogP contribution in [0.25, 0.3) is 0 Å². The van der Waals surface area contributed by atoms with Gasteiger partial charge in [-0.15, -0.1) is 0 Å². The van der Waals surface area contributed by atoms with E-state index in [1.807, 2.05) is 19.1 Å². The summed E-state index contributed by atoms with van der Waals surface area (Å²) in [6.07, 6.45) is 0.858. The summed E-state index contributed by atoms with van der Waals surface area (Å²) in [4.78, 5) is 11.0. The number of carbonyl (C=O) groups is 1. The van der Waals surface area contributed by atoms with Crippen LogP contribution >= 0.6 is 0 Å². The Morgan fingerprint density at radius 1 is 1.56 bits per heavy atom. The highest BCUT2D eigenvalue weighted by atomic mass is 16.5. The van der Waals surface area contributed by atoms with Gasteiger partial charge in [0.15, 0.2) is 0 Å². The Bertz CT molecular complexity index is 336. The molecule has 0 aliphatic carbocycles. The molecule has 1 unspecified atom stereocenters. The molecule has 0 fully saturated rings. The monoisotopic (exact) mass is 226 g/mol. The van der Waals surface area contributed by atoms with Crippen molar-refractivity contribution in [2.75, 3.05) is 13.7 Å². The largest absolute Gasteiger partial charge is 0.465 e. The van der Waals surface area contributed by atoms with Gasteiger partial charge >= 0.3 is 0 Å². The molecule has 0 aliphatic rings. The minimum atomic E-state index is -0.486. The van der Waals surface area contributed by atoms with Crippen molar-refractivity contribution in [2.24, 2.45) is 5.73 Å². The summed E-state index contributed by atoms with van der Waals surface area (Å²) in [7, 11) is 1.53. The highest BCUT2D eigenvalue weighted by molar-refractivity contribution is 5.79. The summed E-state index contributed by atoms with van der Waals surface area (Å²) in [6.45, 7) is 2.75. The smallest absolute Gasteiger partial charge is 0.236 e. The zero-order chi connectivity index (χ0) is 12.0. The van der Waals surface area contributed by atoms with Gasteiger partial charge < -0.3 is 14.9 Å². The van der Waals surface area contributed by atoms with Crippen molar-refractivity contribution >= 4 is 5.91 Å². The maximum absolute atomic E-state index is 11.0. The molecule has 0 radical (unpaired) electrons. The first-order chi connectivity index (χ1) is 7.67. The van der Waals surface area contributed by atoms with Crippen molar-refractivity contribution in [1.29, 1.82) is 0 Å². The Kier molecular flexibility index (Phi) is 5.01. The van der Waals surface area contributed by atoms with Crippen LogP contribution in [0.15, 0.2) is 16.5 Å². The summed E-state index contributed by atoms with van der Waals surface area (Å²) < 4.78 is 10.4. The number of aryl methyl sites for hydroxylation is 1. The van der Waals surface area contributed by atoms with Crippen LogP contribution in [0.5, 0.6) is 0 Å². The molecule has 1 heterocycles. The van der Waals surface area contributed by atoms with E-state index in [9.17, 15) is 4.79 Å². The van der Waals surface area contributed by atoms with E-state index in [-0.39, 0.29) is 6.61 Å². The third kappa shape index (κ3) is 3.67. The summed E-state index contributed by atoms with van der Waals surface area (Å²) in [5.74, 6) is 1.29. The third-order valence-corrected chi connectivity index (χ3v) is 2.27. The minimum Gasteiger partial charge on any atom is -0.465 e. The van der Waals surface area contributed by atoms with E-state index in [4.69, 9.17) is 14.9 Å². The Hall–Kier alpha value is -1.33. The average molecular weight is 226 g/mol. The Labute approximate surface area is 94.9 Å². The SMILES string of the molecule is CCc1ccc(CNC(COC)C(N)=O)o1. The number of nitrogens with two attached hydrogens (primary N) is 1. The summed E-state index contributed by atoms with van der Waals surface area (Å²) in [5, 5.41) is 2.98. The summed E-state index contributed by atoms with van der Waals surface area (Å²) in [5.41, 5.74) is 5.21. The van der Waals surface area contributed by atoms with E-state index in [0.29, 0.717) is 6.54 Å². The average Bonchev–Trinajstić information content (AvgIpc) is 2.71. The molecule has 1 aromatic rings.